The summed E-state index contributed by atoms with van der Waals surface area (Å²) in [4.78, 5) is 25.5. The van der Waals surface area contributed by atoms with Gasteiger partial charge < -0.3 is 15.0 Å². The number of nitrogens with zero attached hydrogens (tertiary/aromatic N) is 1. The molecule has 132 valence electrons. The molecule has 0 saturated carbocycles. The van der Waals surface area contributed by atoms with E-state index in [1.165, 1.54) is 4.90 Å². The summed E-state index contributed by atoms with van der Waals surface area (Å²) < 4.78 is 5.68. The van der Waals surface area contributed by atoms with Gasteiger partial charge in [0.25, 0.3) is 5.91 Å². The molecule has 2 aromatic carbocycles. The minimum Gasteiger partial charge on any atom is -0.493 e. The predicted octanol–water partition coefficient (Wildman–Crippen LogP) is 3.49. The number of aryl methyl sites for hydroxylation is 1. The maximum Gasteiger partial charge on any atom is 0.253 e. The third-order valence-corrected chi connectivity index (χ3v) is 3.70. The predicted molar refractivity (Wildman–Crippen MR) is 99.0 cm³/mol. The summed E-state index contributed by atoms with van der Waals surface area (Å²) in [5.41, 5.74) is 2.25. The van der Waals surface area contributed by atoms with E-state index >= 15 is 0 Å². The smallest absolute Gasteiger partial charge is 0.253 e. The first kappa shape index (κ1) is 18.5. The highest BCUT2D eigenvalue weighted by atomic mass is 16.5. The lowest BCUT2D eigenvalue weighted by atomic mass is 10.1. The van der Waals surface area contributed by atoms with Crippen LogP contribution in [0, 0.1) is 6.92 Å². The van der Waals surface area contributed by atoms with Gasteiger partial charge in [-0.25, -0.2) is 0 Å². The summed E-state index contributed by atoms with van der Waals surface area (Å²) >= 11 is 0. The lowest BCUT2D eigenvalue weighted by Gasteiger charge is -2.12. The van der Waals surface area contributed by atoms with Crippen LogP contribution in [-0.2, 0) is 4.79 Å². The average molecular weight is 340 g/mol. The molecule has 0 aliphatic rings. The molecule has 2 amide bonds. The Kier molecular flexibility index (Phi) is 6.57. The van der Waals surface area contributed by atoms with Crippen molar-refractivity contribution in [3.8, 4) is 5.75 Å². The Morgan fingerprint density at radius 1 is 1.08 bits per heavy atom. The fraction of sp³-hybridized carbons (Fsp3) is 0.300. The van der Waals surface area contributed by atoms with Crippen molar-refractivity contribution in [2.75, 3.05) is 26.0 Å². The van der Waals surface area contributed by atoms with E-state index in [-0.39, 0.29) is 11.8 Å². The van der Waals surface area contributed by atoms with E-state index in [9.17, 15) is 9.59 Å². The van der Waals surface area contributed by atoms with Gasteiger partial charge in [0.05, 0.1) is 6.61 Å². The lowest BCUT2D eigenvalue weighted by molar-refractivity contribution is -0.116. The van der Waals surface area contributed by atoms with Gasteiger partial charge in [0.1, 0.15) is 5.75 Å². The molecule has 5 heteroatoms. The van der Waals surface area contributed by atoms with Crippen LogP contribution in [0.5, 0.6) is 5.75 Å². The van der Waals surface area contributed by atoms with E-state index in [2.05, 4.69) is 5.32 Å². The molecule has 0 saturated heterocycles. The first-order valence-corrected chi connectivity index (χ1v) is 8.27. The number of hydrogen-bond acceptors (Lipinski definition) is 3. The molecule has 0 fully saturated rings. The maximum atomic E-state index is 12.0. The highest BCUT2D eigenvalue weighted by molar-refractivity contribution is 5.96. The van der Waals surface area contributed by atoms with E-state index in [4.69, 9.17) is 4.74 Å². The second-order valence-corrected chi connectivity index (χ2v) is 6.05. The van der Waals surface area contributed by atoms with E-state index in [0.29, 0.717) is 30.7 Å². The van der Waals surface area contributed by atoms with Gasteiger partial charge in [-0.05, 0) is 43.2 Å². The van der Waals surface area contributed by atoms with E-state index in [0.717, 1.165) is 11.3 Å². The van der Waals surface area contributed by atoms with E-state index in [1.54, 1.807) is 38.4 Å². The van der Waals surface area contributed by atoms with Gasteiger partial charge in [0.2, 0.25) is 5.91 Å². The zero-order valence-electron chi connectivity index (χ0n) is 14.9. The van der Waals surface area contributed by atoms with Crippen molar-refractivity contribution in [2.45, 2.75) is 19.8 Å². The average Bonchev–Trinajstić information content (AvgIpc) is 2.59. The van der Waals surface area contributed by atoms with Crippen molar-refractivity contribution in [1.82, 2.24) is 4.90 Å². The fourth-order valence-corrected chi connectivity index (χ4v) is 2.34. The topological polar surface area (TPSA) is 58.6 Å². The summed E-state index contributed by atoms with van der Waals surface area (Å²) in [5.74, 6) is 0.656. The summed E-state index contributed by atoms with van der Waals surface area (Å²) in [6, 6.07) is 14.7. The van der Waals surface area contributed by atoms with Gasteiger partial charge in [-0.1, -0.05) is 24.3 Å². The van der Waals surface area contributed by atoms with Crippen molar-refractivity contribution in [2.24, 2.45) is 0 Å². The molecule has 0 aliphatic heterocycles. The molecule has 0 bridgehead atoms. The Bertz CT molecular complexity index is 741. The van der Waals surface area contributed by atoms with Crippen molar-refractivity contribution < 1.29 is 14.3 Å². The molecule has 0 spiro atoms. The first-order chi connectivity index (χ1) is 12.0. The highest BCUT2D eigenvalue weighted by Gasteiger charge is 2.09. The zero-order valence-corrected chi connectivity index (χ0v) is 14.9. The number of rotatable bonds is 7. The minimum absolute atomic E-state index is 0.0946. The summed E-state index contributed by atoms with van der Waals surface area (Å²) in [5, 5.41) is 2.82. The Morgan fingerprint density at radius 2 is 1.84 bits per heavy atom. The fourth-order valence-electron chi connectivity index (χ4n) is 2.34. The van der Waals surface area contributed by atoms with Crippen LogP contribution < -0.4 is 10.1 Å². The number of para-hydroxylation sites is 1. The Labute approximate surface area is 148 Å². The minimum atomic E-state index is -0.0947. The molecule has 0 radical (unpaired) electrons. The van der Waals surface area contributed by atoms with Crippen LogP contribution in [0.4, 0.5) is 5.69 Å². The van der Waals surface area contributed by atoms with Crippen LogP contribution >= 0.6 is 0 Å². The number of amides is 2. The summed E-state index contributed by atoms with van der Waals surface area (Å²) in [7, 11) is 3.39. The van der Waals surface area contributed by atoms with E-state index in [1.807, 2.05) is 31.2 Å². The van der Waals surface area contributed by atoms with Crippen LogP contribution in [-0.4, -0.2) is 37.4 Å². The zero-order chi connectivity index (χ0) is 18.2. The van der Waals surface area contributed by atoms with Crippen LogP contribution in [0.2, 0.25) is 0 Å². The van der Waals surface area contributed by atoms with Crippen LogP contribution in [0.25, 0.3) is 0 Å². The maximum absolute atomic E-state index is 12.0. The molecule has 2 rings (SSSR count). The molecule has 1 N–H and O–H groups in total. The highest BCUT2D eigenvalue weighted by Crippen LogP contribution is 2.17. The van der Waals surface area contributed by atoms with Gasteiger partial charge in [-0.2, -0.15) is 0 Å². The van der Waals surface area contributed by atoms with Crippen LogP contribution in [0.15, 0.2) is 48.5 Å². The number of ether oxygens (including phenoxy) is 1. The third kappa shape index (κ3) is 5.64. The largest absolute Gasteiger partial charge is 0.493 e. The number of benzene rings is 2. The third-order valence-electron chi connectivity index (χ3n) is 3.70. The quantitative estimate of drug-likeness (QED) is 0.785. The Hall–Kier alpha value is -2.82. The molecule has 5 nitrogen and oxygen atoms in total. The van der Waals surface area contributed by atoms with Crippen molar-refractivity contribution in [3.05, 3.63) is 59.7 Å². The molecule has 25 heavy (non-hydrogen) atoms. The number of carbonyl (C=O) groups excluding carboxylic acids is 2. The van der Waals surface area contributed by atoms with Gasteiger partial charge in [0.15, 0.2) is 0 Å². The molecule has 0 aromatic heterocycles. The van der Waals surface area contributed by atoms with Gasteiger partial charge in [-0.3, -0.25) is 9.59 Å². The number of nitrogens with one attached hydrogen (secondary N) is 1. The molecular formula is C20H24N2O3. The number of anilines is 1. The first-order valence-electron chi connectivity index (χ1n) is 8.27. The van der Waals surface area contributed by atoms with Gasteiger partial charge >= 0.3 is 0 Å². The molecule has 0 unspecified atom stereocenters. The standard InChI is InChI=1S/C20H24N2O3/c1-15-8-4-5-11-18(15)25-13-7-12-19(23)21-17-10-6-9-16(14-17)20(24)22(2)3/h4-6,8-11,14H,7,12-13H2,1-3H3,(H,21,23). The van der Waals surface area contributed by atoms with Crippen molar-refractivity contribution in [3.63, 3.8) is 0 Å². The Balaban J connectivity index is 1.80. The number of hydrogen-bond donors (Lipinski definition) is 1. The lowest BCUT2D eigenvalue weighted by Crippen LogP contribution is -2.22. The van der Waals surface area contributed by atoms with Crippen LogP contribution in [0.3, 0.4) is 0 Å². The van der Waals surface area contributed by atoms with Crippen LogP contribution in [0.1, 0.15) is 28.8 Å². The summed E-state index contributed by atoms with van der Waals surface area (Å²) in [6.45, 7) is 2.47. The molecular weight excluding hydrogens is 316 g/mol. The second-order valence-electron chi connectivity index (χ2n) is 6.05. The summed E-state index contributed by atoms with van der Waals surface area (Å²) in [6.07, 6.45) is 0.980. The van der Waals surface area contributed by atoms with Gasteiger partial charge in [-0.15, -0.1) is 0 Å². The normalized spacial score (nSPS) is 10.2. The molecule has 0 atom stereocenters. The van der Waals surface area contributed by atoms with Crippen molar-refractivity contribution in [1.29, 1.82) is 0 Å². The number of carbonyl (C=O) groups is 2. The van der Waals surface area contributed by atoms with Gasteiger partial charge in [0, 0.05) is 31.8 Å². The van der Waals surface area contributed by atoms with E-state index < -0.39 is 0 Å². The second kappa shape index (κ2) is 8.87. The van der Waals surface area contributed by atoms with Crippen molar-refractivity contribution >= 4 is 17.5 Å². The molecule has 0 aliphatic carbocycles. The SMILES string of the molecule is Cc1ccccc1OCCCC(=O)Nc1cccc(C(=O)N(C)C)c1. The molecule has 0 heterocycles. The Morgan fingerprint density at radius 3 is 2.56 bits per heavy atom. The monoisotopic (exact) mass is 340 g/mol. The molecule has 2 aromatic rings.